The summed E-state index contributed by atoms with van der Waals surface area (Å²) in [6.45, 7) is 6.59. The lowest BCUT2D eigenvalue weighted by atomic mass is 10.9. The Morgan fingerprint density at radius 2 is 1.55 bits per heavy atom. The Morgan fingerprint density at radius 3 is 1.82 bits per heavy atom. The largest absolute Gasteiger partial charge is 0.313 e. The third kappa shape index (κ3) is 2.56. The maximum Gasteiger partial charge on any atom is 0.129 e. The van der Waals surface area contributed by atoms with Gasteiger partial charge in [-0.1, -0.05) is 0 Å². The summed E-state index contributed by atoms with van der Waals surface area (Å²) in [5, 5.41) is 0. The van der Waals surface area contributed by atoms with Crippen LogP contribution in [0.5, 0.6) is 0 Å². The summed E-state index contributed by atoms with van der Waals surface area (Å²) in [7, 11) is -0.732. The van der Waals surface area contributed by atoms with Gasteiger partial charge < -0.3 is 4.57 Å². The Kier molecular flexibility index (Phi) is 2.28. The van der Waals surface area contributed by atoms with Crippen molar-refractivity contribution in [3.8, 4) is 0 Å². The Bertz CT molecular complexity index is 144. The molecule has 0 saturated carbocycles. The zero-order valence-electron chi connectivity index (χ0n) is 6.57. The van der Waals surface area contributed by atoms with Gasteiger partial charge in [0.2, 0.25) is 0 Å². The van der Waals surface area contributed by atoms with Crippen LogP contribution in [-0.2, 0) is 4.57 Å². The zero-order chi connectivity index (χ0) is 7.68. The zero-order valence-corrected chi connectivity index (χ0v) is 7.72. The molecular weight excluding hydrogens is 161 g/mol. The van der Waals surface area contributed by atoms with Crippen molar-refractivity contribution in [3.05, 3.63) is 0 Å². The van der Waals surface area contributed by atoms with Crippen molar-refractivity contribution >= 4 is 8.61 Å². The fourth-order valence-corrected chi connectivity index (χ4v) is 1.64. The van der Waals surface area contributed by atoms with Gasteiger partial charge in [-0.05, 0) is 0 Å². The van der Waals surface area contributed by atoms with Gasteiger partial charge in [0.1, 0.15) is 8.61 Å². The first-order valence-electron chi connectivity index (χ1n) is 4.02. The average Bonchev–Trinajstić information content (AvgIpc) is 2.78. The van der Waals surface area contributed by atoms with Gasteiger partial charge in [-0.3, -0.25) is 9.80 Å². The third-order valence-corrected chi connectivity index (χ3v) is 2.62. The SMILES string of the molecule is O=[PH2]N(CN1CC1)CN1CC1. The summed E-state index contributed by atoms with van der Waals surface area (Å²) in [5.74, 6) is 0. The summed E-state index contributed by atoms with van der Waals surface area (Å²) in [5.41, 5.74) is 0. The second-order valence-electron chi connectivity index (χ2n) is 3.21. The van der Waals surface area contributed by atoms with E-state index >= 15 is 0 Å². The van der Waals surface area contributed by atoms with Crippen LogP contribution >= 0.6 is 8.61 Å². The molecule has 2 saturated heterocycles. The van der Waals surface area contributed by atoms with Crippen LogP contribution in [0.1, 0.15) is 0 Å². The summed E-state index contributed by atoms with van der Waals surface area (Å²) in [6, 6.07) is 0. The molecule has 1 unspecified atom stereocenters. The third-order valence-electron chi connectivity index (χ3n) is 1.99. The molecule has 0 radical (unpaired) electrons. The van der Waals surface area contributed by atoms with Crippen molar-refractivity contribution in [2.24, 2.45) is 0 Å². The first kappa shape index (κ1) is 7.74. The Labute approximate surface area is 68.0 Å². The van der Waals surface area contributed by atoms with Crippen molar-refractivity contribution < 1.29 is 4.57 Å². The molecule has 11 heavy (non-hydrogen) atoms. The lowest BCUT2D eigenvalue weighted by molar-refractivity contribution is 0.281. The van der Waals surface area contributed by atoms with Gasteiger partial charge in [0.15, 0.2) is 0 Å². The van der Waals surface area contributed by atoms with Crippen molar-refractivity contribution in [1.29, 1.82) is 0 Å². The fourth-order valence-electron chi connectivity index (χ4n) is 1.05. The topological polar surface area (TPSA) is 26.3 Å². The van der Waals surface area contributed by atoms with Crippen LogP contribution < -0.4 is 0 Å². The van der Waals surface area contributed by atoms with Gasteiger partial charge in [0.25, 0.3) is 0 Å². The molecule has 0 spiro atoms. The van der Waals surface area contributed by atoms with Gasteiger partial charge in [-0.15, -0.1) is 0 Å². The standard InChI is InChI=1S/C6H14N3OP/c10-11-9(5-7-1-2-7)6-8-3-4-8/h1-6,11H2. The molecule has 5 heteroatoms. The van der Waals surface area contributed by atoms with Gasteiger partial charge in [0, 0.05) is 26.2 Å². The molecule has 2 heterocycles. The van der Waals surface area contributed by atoms with E-state index in [1.807, 2.05) is 4.67 Å². The molecule has 1 atom stereocenters. The lowest BCUT2D eigenvalue weighted by Crippen LogP contribution is -2.25. The summed E-state index contributed by atoms with van der Waals surface area (Å²) in [6.07, 6.45) is 0. The van der Waals surface area contributed by atoms with E-state index in [1.54, 1.807) is 0 Å². The van der Waals surface area contributed by atoms with E-state index in [2.05, 4.69) is 9.80 Å². The second kappa shape index (κ2) is 3.23. The van der Waals surface area contributed by atoms with E-state index in [0.717, 1.165) is 13.3 Å². The predicted octanol–water partition coefficient (Wildman–Crippen LogP) is -0.494. The number of hydrogen-bond acceptors (Lipinski definition) is 3. The number of hydrogen-bond donors (Lipinski definition) is 0. The van der Waals surface area contributed by atoms with Crippen molar-refractivity contribution in [3.63, 3.8) is 0 Å². The van der Waals surface area contributed by atoms with Crippen molar-refractivity contribution in [2.45, 2.75) is 0 Å². The maximum atomic E-state index is 10.7. The van der Waals surface area contributed by atoms with Gasteiger partial charge in [-0.2, -0.15) is 0 Å². The van der Waals surface area contributed by atoms with Crippen molar-refractivity contribution in [1.82, 2.24) is 14.5 Å². The van der Waals surface area contributed by atoms with Gasteiger partial charge in [-0.25, -0.2) is 4.67 Å². The van der Waals surface area contributed by atoms with E-state index in [0.29, 0.717) is 0 Å². The molecule has 0 aliphatic carbocycles. The average molecular weight is 175 g/mol. The summed E-state index contributed by atoms with van der Waals surface area (Å²) < 4.78 is 12.7. The van der Waals surface area contributed by atoms with E-state index in [-0.39, 0.29) is 0 Å². The molecule has 0 amide bonds. The highest BCUT2D eigenvalue weighted by molar-refractivity contribution is 7.20. The highest BCUT2D eigenvalue weighted by Crippen LogP contribution is 2.15. The highest BCUT2D eigenvalue weighted by atomic mass is 31.1. The minimum Gasteiger partial charge on any atom is -0.313 e. The Hall–Kier alpha value is 0.110. The minimum absolute atomic E-state index is 0.732. The fraction of sp³-hybridized carbons (Fsp3) is 1.00. The molecule has 0 aromatic rings. The minimum atomic E-state index is -0.732. The van der Waals surface area contributed by atoms with Crippen LogP contribution in [-0.4, -0.2) is 54.0 Å². The van der Waals surface area contributed by atoms with Crippen LogP contribution in [0.15, 0.2) is 0 Å². The molecule has 2 aliphatic rings. The van der Waals surface area contributed by atoms with Crippen LogP contribution in [0.4, 0.5) is 0 Å². The normalized spacial score (nSPS) is 25.5. The molecule has 2 fully saturated rings. The summed E-state index contributed by atoms with van der Waals surface area (Å²) in [4.78, 5) is 4.57. The molecule has 0 bridgehead atoms. The molecule has 2 rings (SSSR count). The lowest BCUT2D eigenvalue weighted by Gasteiger charge is -2.15. The van der Waals surface area contributed by atoms with Crippen LogP contribution in [0.2, 0.25) is 0 Å². The monoisotopic (exact) mass is 175 g/mol. The van der Waals surface area contributed by atoms with Crippen LogP contribution in [0, 0.1) is 0 Å². The van der Waals surface area contributed by atoms with Gasteiger partial charge in [0.05, 0.1) is 13.3 Å². The Morgan fingerprint density at radius 1 is 1.09 bits per heavy atom. The van der Waals surface area contributed by atoms with E-state index in [4.69, 9.17) is 0 Å². The van der Waals surface area contributed by atoms with E-state index in [1.165, 1.54) is 26.2 Å². The second-order valence-corrected chi connectivity index (χ2v) is 4.15. The summed E-state index contributed by atoms with van der Waals surface area (Å²) >= 11 is 0. The number of rotatable bonds is 5. The maximum absolute atomic E-state index is 10.7. The highest BCUT2D eigenvalue weighted by Gasteiger charge is 2.24. The van der Waals surface area contributed by atoms with Crippen LogP contribution in [0.25, 0.3) is 0 Å². The molecule has 64 valence electrons. The molecule has 0 aromatic heterocycles. The molecule has 0 aromatic carbocycles. The quantitative estimate of drug-likeness (QED) is 0.416. The van der Waals surface area contributed by atoms with Crippen molar-refractivity contribution in [2.75, 3.05) is 39.5 Å². The molecule has 2 aliphatic heterocycles. The predicted molar refractivity (Wildman–Crippen MR) is 45.1 cm³/mol. The Balaban J connectivity index is 1.69. The molecule has 0 N–H and O–H groups in total. The first-order valence-corrected chi connectivity index (χ1v) is 5.01. The van der Waals surface area contributed by atoms with Crippen LogP contribution in [0.3, 0.4) is 0 Å². The first-order chi connectivity index (χ1) is 5.38. The molecule has 4 nitrogen and oxygen atoms in total. The van der Waals surface area contributed by atoms with E-state index < -0.39 is 8.61 Å². The van der Waals surface area contributed by atoms with E-state index in [9.17, 15) is 4.57 Å². The number of nitrogens with zero attached hydrogens (tertiary/aromatic N) is 3. The smallest absolute Gasteiger partial charge is 0.129 e. The van der Waals surface area contributed by atoms with Gasteiger partial charge >= 0.3 is 0 Å². The molecular formula is C6H14N3OP.